The van der Waals surface area contributed by atoms with Crippen molar-refractivity contribution in [3.05, 3.63) is 23.8 Å². The summed E-state index contributed by atoms with van der Waals surface area (Å²) in [5.41, 5.74) is -0.255. The van der Waals surface area contributed by atoms with Crippen molar-refractivity contribution in [2.45, 2.75) is 19.4 Å². The van der Waals surface area contributed by atoms with Crippen molar-refractivity contribution in [1.29, 1.82) is 5.26 Å². The van der Waals surface area contributed by atoms with E-state index in [4.69, 9.17) is 22.2 Å². The molecule has 1 aromatic carbocycles. The predicted molar refractivity (Wildman–Crippen MR) is 118 cm³/mol. The fourth-order valence-electron chi connectivity index (χ4n) is 3.56. The van der Waals surface area contributed by atoms with Gasteiger partial charge >= 0.3 is 6.09 Å². The van der Waals surface area contributed by atoms with Gasteiger partial charge in [-0.2, -0.15) is 9.57 Å². The molecule has 0 spiro atoms. The normalized spacial score (nSPS) is 19.6. The lowest BCUT2D eigenvalue weighted by molar-refractivity contribution is 0.143. The average molecular weight is 488 g/mol. The third-order valence-corrected chi connectivity index (χ3v) is 7.31. The number of hydrogen-bond donors (Lipinski definition) is 1. The van der Waals surface area contributed by atoms with Gasteiger partial charge in [0.2, 0.25) is 10.0 Å². The number of ether oxygens (including phenoxy) is 1. The van der Waals surface area contributed by atoms with Crippen LogP contribution in [0.25, 0.3) is 0 Å². The first-order valence-corrected chi connectivity index (χ1v) is 12.0. The molecule has 9 nitrogen and oxygen atoms in total. The fourth-order valence-corrected chi connectivity index (χ4v) is 4.71. The van der Waals surface area contributed by atoms with E-state index in [0.717, 1.165) is 21.3 Å². The van der Waals surface area contributed by atoms with Gasteiger partial charge in [0.25, 0.3) is 0 Å². The van der Waals surface area contributed by atoms with E-state index in [1.807, 2.05) is 6.92 Å². The van der Waals surface area contributed by atoms with Gasteiger partial charge in [0.05, 0.1) is 29.8 Å². The molecule has 3 rings (SSSR count). The number of sulfonamides is 1. The van der Waals surface area contributed by atoms with Crippen LogP contribution in [-0.4, -0.2) is 74.9 Å². The number of amides is 1. The molecule has 1 atom stereocenters. The van der Waals surface area contributed by atoms with E-state index in [1.54, 1.807) is 6.07 Å². The number of nitrogens with zero attached hydrogens (tertiary/aromatic N) is 4. The Labute approximate surface area is 190 Å². The van der Waals surface area contributed by atoms with Crippen molar-refractivity contribution in [3.63, 3.8) is 0 Å². The Balaban J connectivity index is 1.69. The summed E-state index contributed by atoms with van der Waals surface area (Å²) >= 11 is 5.07. The van der Waals surface area contributed by atoms with Gasteiger partial charge in [-0.25, -0.2) is 22.0 Å². The zero-order chi connectivity index (χ0) is 23.5. The number of nitrogens with one attached hydrogen (secondary N) is 1. The number of hydrogen-bond acceptors (Lipinski definition) is 7. The molecule has 0 aliphatic carbocycles. The van der Waals surface area contributed by atoms with Crippen LogP contribution in [0.5, 0.6) is 0 Å². The number of anilines is 2. The minimum atomic E-state index is -3.71. The topological polar surface area (TPSA) is 106 Å². The molecule has 0 bridgehead atoms. The Bertz CT molecular complexity index is 1020. The Morgan fingerprint density at radius 2 is 1.91 bits per heavy atom. The summed E-state index contributed by atoms with van der Waals surface area (Å²) in [5.74, 6) is -2.37. The number of halogens is 2. The Morgan fingerprint density at radius 3 is 2.47 bits per heavy atom. The summed E-state index contributed by atoms with van der Waals surface area (Å²) in [6.45, 7) is 2.46. The average Bonchev–Trinajstić information content (AvgIpc) is 3.12. The van der Waals surface area contributed by atoms with Crippen LogP contribution in [-0.2, 0) is 14.8 Å². The van der Waals surface area contributed by atoms with Crippen molar-refractivity contribution in [2.75, 3.05) is 54.8 Å². The largest absolute Gasteiger partial charge is 0.442 e. The quantitative estimate of drug-likeness (QED) is 0.578. The number of thiocarbonyl (C=S) groups is 1. The van der Waals surface area contributed by atoms with Crippen molar-refractivity contribution < 1.29 is 26.7 Å². The molecule has 2 heterocycles. The second kappa shape index (κ2) is 9.93. The first kappa shape index (κ1) is 24.1. The first-order valence-electron chi connectivity index (χ1n) is 10.00. The first-order chi connectivity index (χ1) is 15.2. The molecule has 1 amide bonds. The maximum Gasteiger partial charge on any atom is 0.414 e. The molecule has 2 saturated heterocycles. The molecular weight excluding hydrogens is 464 g/mol. The van der Waals surface area contributed by atoms with Gasteiger partial charge in [-0.3, -0.25) is 4.90 Å². The van der Waals surface area contributed by atoms with E-state index >= 15 is 0 Å². The second-order valence-corrected chi connectivity index (χ2v) is 9.79. The summed E-state index contributed by atoms with van der Waals surface area (Å²) in [7, 11) is -3.71. The van der Waals surface area contributed by atoms with E-state index in [-0.39, 0.29) is 44.1 Å². The van der Waals surface area contributed by atoms with Gasteiger partial charge in [0, 0.05) is 38.3 Å². The van der Waals surface area contributed by atoms with Crippen LogP contribution >= 0.6 is 12.2 Å². The molecule has 0 radical (unpaired) electrons. The minimum absolute atomic E-state index is 0.0113. The summed E-state index contributed by atoms with van der Waals surface area (Å²) in [6, 6.07) is 3.73. The van der Waals surface area contributed by atoms with Crippen LogP contribution in [0.2, 0.25) is 0 Å². The molecule has 32 heavy (non-hydrogen) atoms. The molecule has 1 unspecified atom stereocenters. The highest BCUT2D eigenvalue weighted by Crippen LogP contribution is 2.31. The number of cyclic esters (lactones) is 1. The molecule has 0 aromatic heterocycles. The monoisotopic (exact) mass is 487 g/mol. The maximum atomic E-state index is 14.9. The van der Waals surface area contributed by atoms with E-state index in [2.05, 4.69) is 5.32 Å². The van der Waals surface area contributed by atoms with E-state index in [9.17, 15) is 22.0 Å². The SMILES string of the molecule is CCC(=S)NCC1CN(c2cc(F)c(N3CCN(S(=O)(=O)CC#N)CC3)c(F)c2)C(=O)O1. The number of carbonyl (C=O) groups is 1. The van der Waals surface area contributed by atoms with Gasteiger partial charge in [-0.05, 0) is 6.42 Å². The molecule has 2 fully saturated rings. The third kappa shape index (κ3) is 5.25. The summed E-state index contributed by atoms with van der Waals surface area (Å²) in [4.78, 5) is 15.4. The van der Waals surface area contributed by atoms with Crippen molar-refractivity contribution in [2.24, 2.45) is 0 Å². The summed E-state index contributed by atoms with van der Waals surface area (Å²) < 4.78 is 60.1. The van der Waals surface area contributed by atoms with E-state index < -0.39 is 39.6 Å². The molecule has 2 aliphatic rings. The number of piperazine rings is 1. The summed E-state index contributed by atoms with van der Waals surface area (Å²) in [6.07, 6.45) is -0.570. The molecule has 1 N–H and O–H groups in total. The lowest BCUT2D eigenvalue weighted by atomic mass is 10.2. The fraction of sp³-hybridized carbons (Fsp3) is 0.526. The van der Waals surface area contributed by atoms with Gasteiger partial charge in [0.15, 0.2) is 17.4 Å². The number of benzene rings is 1. The van der Waals surface area contributed by atoms with Crippen molar-refractivity contribution in [3.8, 4) is 6.07 Å². The molecular formula is C19H23F2N5O4S2. The van der Waals surface area contributed by atoms with Crippen molar-refractivity contribution >= 4 is 44.7 Å². The Kier molecular flexibility index (Phi) is 7.47. The van der Waals surface area contributed by atoms with Gasteiger partial charge in [-0.15, -0.1) is 0 Å². The van der Waals surface area contributed by atoms with Crippen molar-refractivity contribution in [1.82, 2.24) is 9.62 Å². The van der Waals surface area contributed by atoms with Gasteiger partial charge in [0.1, 0.15) is 11.8 Å². The second-order valence-electron chi connectivity index (χ2n) is 7.33. The number of carbonyl (C=O) groups excluding carboxylic acids is 1. The van der Waals surface area contributed by atoms with Crippen LogP contribution in [0.4, 0.5) is 25.0 Å². The predicted octanol–water partition coefficient (Wildman–Crippen LogP) is 1.59. The number of rotatable bonds is 7. The molecule has 174 valence electrons. The highest BCUT2D eigenvalue weighted by Gasteiger charge is 2.34. The lowest BCUT2D eigenvalue weighted by Gasteiger charge is -2.35. The van der Waals surface area contributed by atoms with Crippen LogP contribution in [0.3, 0.4) is 0 Å². The zero-order valence-electron chi connectivity index (χ0n) is 17.4. The number of nitriles is 1. The van der Waals surface area contributed by atoms with Gasteiger partial charge < -0.3 is 15.0 Å². The zero-order valence-corrected chi connectivity index (χ0v) is 19.0. The van der Waals surface area contributed by atoms with Crippen LogP contribution in [0.15, 0.2) is 12.1 Å². The minimum Gasteiger partial charge on any atom is -0.442 e. The Hall–Kier alpha value is -2.56. The highest BCUT2D eigenvalue weighted by molar-refractivity contribution is 7.89. The maximum absolute atomic E-state index is 14.9. The third-order valence-electron chi connectivity index (χ3n) is 5.23. The van der Waals surface area contributed by atoms with Crippen LogP contribution < -0.4 is 15.1 Å². The van der Waals surface area contributed by atoms with Gasteiger partial charge in [-0.1, -0.05) is 19.1 Å². The van der Waals surface area contributed by atoms with Crippen LogP contribution in [0, 0.1) is 23.0 Å². The highest BCUT2D eigenvalue weighted by atomic mass is 32.2. The Morgan fingerprint density at radius 1 is 1.28 bits per heavy atom. The van der Waals surface area contributed by atoms with E-state index in [0.29, 0.717) is 18.0 Å². The lowest BCUT2D eigenvalue weighted by Crippen LogP contribution is -2.49. The molecule has 2 aliphatic heterocycles. The summed E-state index contributed by atoms with van der Waals surface area (Å²) in [5, 5.41) is 11.6. The standard InChI is InChI=1S/C19H23F2N5O4S2/c1-2-17(31)23-11-14-12-26(19(27)30-14)13-9-15(20)18(16(21)10-13)24-4-6-25(7-5-24)32(28,29)8-3-22/h9-10,14H,2,4-8,11-12H2,1H3,(H,23,31). The van der Waals surface area contributed by atoms with E-state index in [1.165, 1.54) is 4.90 Å². The molecule has 1 aromatic rings. The van der Waals surface area contributed by atoms with Crippen LogP contribution in [0.1, 0.15) is 13.3 Å². The smallest absolute Gasteiger partial charge is 0.414 e. The molecule has 13 heteroatoms. The molecule has 0 saturated carbocycles.